The molecule has 0 aliphatic rings. The minimum atomic E-state index is -3.88. The van der Waals surface area contributed by atoms with Crippen molar-refractivity contribution in [3.63, 3.8) is 0 Å². The predicted molar refractivity (Wildman–Crippen MR) is 79.3 cm³/mol. The fraction of sp³-hybridized carbons (Fsp3) is 0.417. The van der Waals surface area contributed by atoms with Crippen LogP contribution in [0, 0.1) is 0 Å². The second-order valence-corrected chi connectivity index (χ2v) is 6.98. The maximum Gasteiger partial charge on any atom is 0.304 e. The average Bonchev–Trinajstić information content (AvgIpc) is 2.43. The fourth-order valence-corrected chi connectivity index (χ4v) is 3.38. The van der Waals surface area contributed by atoms with E-state index in [1.807, 2.05) is 0 Å². The molecule has 118 valence electrons. The van der Waals surface area contributed by atoms with Gasteiger partial charge in [0.15, 0.2) is 0 Å². The number of hydrogen-bond acceptors (Lipinski definition) is 5. The van der Waals surface area contributed by atoms with E-state index >= 15 is 0 Å². The van der Waals surface area contributed by atoms with Crippen LogP contribution in [-0.2, 0) is 14.8 Å². The lowest BCUT2D eigenvalue weighted by Crippen LogP contribution is -2.29. The Bertz CT molecular complexity index is 631. The summed E-state index contributed by atoms with van der Waals surface area (Å²) >= 11 is 3.24. The van der Waals surface area contributed by atoms with Gasteiger partial charge in [-0.05, 0) is 22.0 Å². The topological polar surface area (TPSA) is 93.1 Å². The van der Waals surface area contributed by atoms with Gasteiger partial charge in [-0.2, -0.15) is 0 Å². The summed E-state index contributed by atoms with van der Waals surface area (Å²) in [4.78, 5) is 10.5. The smallest absolute Gasteiger partial charge is 0.304 e. The first-order chi connectivity index (χ1) is 9.73. The van der Waals surface area contributed by atoms with E-state index in [1.54, 1.807) is 0 Å². The molecule has 9 heteroatoms. The van der Waals surface area contributed by atoms with Gasteiger partial charge in [-0.15, -0.1) is 0 Å². The number of carbonyl (C=O) groups is 1. The molecule has 7 nitrogen and oxygen atoms in total. The Balaban J connectivity index is 3.26. The van der Waals surface area contributed by atoms with E-state index < -0.39 is 16.0 Å². The number of hydrogen-bond donors (Lipinski definition) is 1. The second-order valence-electron chi connectivity index (χ2n) is 4.11. The number of methoxy groups -OCH3 is 2. The van der Waals surface area contributed by atoms with Crippen LogP contribution >= 0.6 is 15.9 Å². The normalized spacial score (nSPS) is 11.5. The zero-order valence-electron chi connectivity index (χ0n) is 11.8. The molecule has 0 aromatic heterocycles. The minimum Gasteiger partial charge on any atom is -0.496 e. The summed E-state index contributed by atoms with van der Waals surface area (Å²) in [7, 11) is 0.195. The van der Waals surface area contributed by atoms with Crippen molar-refractivity contribution in [2.24, 2.45) is 0 Å². The standard InChI is InChI=1S/C12H16BrNO6S/c1-14(5-4-12(15)16)21(17,18)11-7-9(19-2)8(13)6-10(11)20-3/h6-7H,4-5H2,1-3H3,(H,15,16). The summed E-state index contributed by atoms with van der Waals surface area (Å²) in [6.45, 7) is -0.140. The Labute approximate surface area is 131 Å². The number of benzene rings is 1. The second kappa shape index (κ2) is 7.10. The highest BCUT2D eigenvalue weighted by Crippen LogP contribution is 2.36. The third-order valence-corrected chi connectivity index (χ3v) is 5.26. The summed E-state index contributed by atoms with van der Waals surface area (Å²) < 4.78 is 36.6. The molecule has 0 saturated carbocycles. The van der Waals surface area contributed by atoms with Gasteiger partial charge in [0.25, 0.3) is 0 Å². The van der Waals surface area contributed by atoms with Crippen LogP contribution in [0.2, 0.25) is 0 Å². The van der Waals surface area contributed by atoms with Crippen molar-refractivity contribution in [2.75, 3.05) is 27.8 Å². The number of nitrogens with zero attached hydrogens (tertiary/aromatic N) is 1. The first kappa shape index (κ1) is 17.7. The van der Waals surface area contributed by atoms with Crippen LogP contribution in [0.15, 0.2) is 21.5 Å². The van der Waals surface area contributed by atoms with Crippen molar-refractivity contribution in [1.82, 2.24) is 4.31 Å². The van der Waals surface area contributed by atoms with Gasteiger partial charge in [-0.25, -0.2) is 12.7 Å². The molecule has 1 aromatic carbocycles. The fourth-order valence-electron chi connectivity index (χ4n) is 1.58. The Morgan fingerprint density at radius 2 is 1.86 bits per heavy atom. The third kappa shape index (κ3) is 4.08. The van der Waals surface area contributed by atoms with Gasteiger partial charge in [0, 0.05) is 19.7 Å². The van der Waals surface area contributed by atoms with Crippen molar-refractivity contribution >= 4 is 31.9 Å². The van der Waals surface area contributed by atoms with Gasteiger partial charge in [0.2, 0.25) is 10.0 Å². The Morgan fingerprint density at radius 1 is 1.29 bits per heavy atom. The predicted octanol–water partition coefficient (Wildman–Crippen LogP) is 1.56. The number of aliphatic carboxylic acids is 1. The van der Waals surface area contributed by atoms with E-state index in [0.717, 1.165) is 4.31 Å². The van der Waals surface area contributed by atoms with Crippen molar-refractivity contribution in [2.45, 2.75) is 11.3 Å². The van der Waals surface area contributed by atoms with Crippen LogP contribution in [0.5, 0.6) is 11.5 Å². The van der Waals surface area contributed by atoms with Gasteiger partial charge in [-0.3, -0.25) is 4.79 Å². The highest BCUT2D eigenvalue weighted by molar-refractivity contribution is 9.10. The van der Waals surface area contributed by atoms with Gasteiger partial charge in [0.05, 0.1) is 25.1 Å². The summed E-state index contributed by atoms with van der Waals surface area (Å²) in [6.07, 6.45) is -0.286. The molecule has 0 radical (unpaired) electrons. The zero-order valence-corrected chi connectivity index (χ0v) is 14.2. The highest BCUT2D eigenvalue weighted by atomic mass is 79.9. The maximum atomic E-state index is 12.5. The van der Waals surface area contributed by atoms with Crippen LogP contribution in [0.25, 0.3) is 0 Å². The molecule has 0 aliphatic heterocycles. The molecular formula is C12H16BrNO6S. The van der Waals surface area contributed by atoms with Crippen LogP contribution < -0.4 is 9.47 Å². The van der Waals surface area contributed by atoms with E-state index in [-0.39, 0.29) is 23.6 Å². The van der Waals surface area contributed by atoms with Crippen molar-refractivity contribution < 1.29 is 27.8 Å². The quantitative estimate of drug-likeness (QED) is 0.770. The lowest BCUT2D eigenvalue weighted by atomic mass is 10.3. The first-order valence-corrected chi connectivity index (χ1v) is 8.07. The van der Waals surface area contributed by atoms with Crippen LogP contribution in [-0.4, -0.2) is 51.6 Å². The lowest BCUT2D eigenvalue weighted by Gasteiger charge is -2.19. The van der Waals surface area contributed by atoms with Gasteiger partial charge in [0.1, 0.15) is 16.4 Å². The number of rotatable bonds is 7. The Morgan fingerprint density at radius 3 is 2.33 bits per heavy atom. The summed E-state index contributed by atoms with van der Waals surface area (Å²) in [5.74, 6) is -0.594. The van der Waals surface area contributed by atoms with Crippen molar-refractivity contribution in [1.29, 1.82) is 0 Å². The zero-order chi connectivity index (χ0) is 16.2. The molecule has 0 atom stereocenters. The monoisotopic (exact) mass is 381 g/mol. The van der Waals surface area contributed by atoms with Crippen LogP contribution in [0.3, 0.4) is 0 Å². The molecule has 0 fully saturated rings. The molecule has 0 amide bonds. The summed E-state index contributed by atoms with van der Waals surface area (Å²) in [5, 5.41) is 8.65. The van der Waals surface area contributed by atoms with Crippen LogP contribution in [0.4, 0.5) is 0 Å². The number of carboxylic acids is 1. The maximum absolute atomic E-state index is 12.5. The average molecular weight is 382 g/mol. The molecule has 0 spiro atoms. The number of ether oxygens (including phenoxy) is 2. The third-order valence-electron chi connectivity index (χ3n) is 2.77. The lowest BCUT2D eigenvalue weighted by molar-refractivity contribution is -0.137. The number of carboxylic acid groups (broad SMARTS) is 1. The molecule has 0 unspecified atom stereocenters. The van der Waals surface area contributed by atoms with E-state index in [0.29, 0.717) is 10.2 Å². The van der Waals surface area contributed by atoms with Crippen molar-refractivity contribution in [3.8, 4) is 11.5 Å². The summed E-state index contributed by atoms with van der Waals surface area (Å²) in [5.41, 5.74) is 0. The van der Waals surface area contributed by atoms with Gasteiger partial charge >= 0.3 is 5.97 Å². The number of sulfonamides is 1. The SMILES string of the molecule is COc1cc(S(=O)(=O)N(C)CCC(=O)O)c(OC)cc1Br. The minimum absolute atomic E-state index is 0.0852. The van der Waals surface area contributed by atoms with Gasteiger partial charge < -0.3 is 14.6 Å². The molecule has 1 aromatic rings. The summed E-state index contributed by atoms with van der Waals surface area (Å²) in [6, 6.07) is 2.81. The molecule has 0 saturated heterocycles. The number of halogens is 1. The van der Waals surface area contributed by atoms with E-state index in [1.165, 1.54) is 33.4 Å². The molecule has 0 heterocycles. The highest BCUT2D eigenvalue weighted by Gasteiger charge is 2.26. The molecule has 1 N–H and O–H groups in total. The molecule has 0 bridgehead atoms. The Kier molecular flexibility index (Phi) is 5.99. The van der Waals surface area contributed by atoms with Crippen molar-refractivity contribution in [3.05, 3.63) is 16.6 Å². The molecular weight excluding hydrogens is 366 g/mol. The van der Waals surface area contributed by atoms with E-state index in [2.05, 4.69) is 15.9 Å². The molecule has 1 rings (SSSR count). The molecule has 21 heavy (non-hydrogen) atoms. The largest absolute Gasteiger partial charge is 0.496 e. The molecule has 0 aliphatic carbocycles. The first-order valence-electron chi connectivity index (χ1n) is 5.83. The Hall–Kier alpha value is -1.32. The van der Waals surface area contributed by atoms with Gasteiger partial charge in [-0.1, -0.05) is 0 Å². The van der Waals surface area contributed by atoms with E-state index in [4.69, 9.17) is 14.6 Å². The van der Waals surface area contributed by atoms with E-state index in [9.17, 15) is 13.2 Å². The van der Waals surface area contributed by atoms with Crippen LogP contribution in [0.1, 0.15) is 6.42 Å².